The van der Waals surface area contributed by atoms with Crippen LogP contribution in [-0.2, 0) is 11.3 Å². The van der Waals surface area contributed by atoms with Crippen molar-refractivity contribution >= 4 is 12.0 Å². The summed E-state index contributed by atoms with van der Waals surface area (Å²) >= 11 is 0. The van der Waals surface area contributed by atoms with Crippen molar-refractivity contribution in [3.63, 3.8) is 0 Å². The Labute approximate surface area is 123 Å². The van der Waals surface area contributed by atoms with Crippen LogP contribution in [0, 0.1) is 0 Å². The number of aliphatic carboxylic acids is 1. The number of hydrogen-bond acceptors (Lipinski definition) is 3. The SMILES string of the molecule is CN(C(=O)NCc1cn[nH]c1)C1(CC(=O)O)CCCCC1. The summed E-state index contributed by atoms with van der Waals surface area (Å²) in [5.74, 6) is -0.855. The normalized spacial score (nSPS) is 17.2. The molecule has 3 N–H and O–H groups in total. The lowest BCUT2D eigenvalue weighted by Crippen LogP contribution is -2.54. The molecule has 1 aromatic rings. The van der Waals surface area contributed by atoms with Crippen molar-refractivity contribution in [2.24, 2.45) is 0 Å². The van der Waals surface area contributed by atoms with Gasteiger partial charge in [-0.1, -0.05) is 19.3 Å². The highest BCUT2D eigenvalue weighted by atomic mass is 16.4. The molecule has 0 saturated heterocycles. The van der Waals surface area contributed by atoms with E-state index in [0.717, 1.165) is 37.7 Å². The first kappa shape index (κ1) is 15.3. The number of nitrogens with zero attached hydrogens (tertiary/aromatic N) is 2. The lowest BCUT2D eigenvalue weighted by molar-refractivity contribution is -0.140. The topological polar surface area (TPSA) is 98.3 Å². The number of carboxylic acid groups (broad SMARTS) is 1. The summed E-state index contributed by atoms with van der Waals surface area (Å²) in [7, 11) is 1.69. The number of aromatic nitrogens is 2. The molecular formula is C14H22N4O3. The number of carboxylic acids is 1. The number of amides is 2. The van der Waals surface area contributed by atoms with Gasteiger partial charge in [-0.3, -0.25) is 9.89 Å². The summed E-state index contributed by atoms with van der Waals surface area (Å²) in [4.78, 5) is 25.1. The van der Waals surface area contributed by atoms with E-state index in [9.17, 15) is 14.7 Å². The van der Waals surface area contributed by atoms with Gasteiger partial charge >= 0.3 is 12.0 Å². The third-order valence-corrected chi connectivity index (χ3v) is 4.28. The van der Waals surface area contributed by atoms with Crippen LogP contribution in [-0.4, -0.2) is 44.8 Å². The molecule has 0 bridgehead atoms. The van der Waals surface area contributed by atoms with E-state index in [0.29, 0.717) is 6.54 Å². The fraction of sp³-hybridized carbons (Fsp3) is 0.643. The number of carbonyl (C=O) groups excluding carboxylic acids is 1. The molecule has 7 nitrogen and oxygen atoms in total. The second-order valence-corrected chi connectivity index (χ2v) is 5.68. The molecule has 116 valence electrons. The second-order valence-electron chi connectivity index (χ2n) is 5.68. The average molecular weight is 294 g/mol. The van der Waals surface area contributed by atoms with Crippen molar-refractivity contribution in [2.45, 2.75) is 50.6 Å². The van der Waals surface area contributed by atoms with Crippen LogP contribution in [0.4, 0.5) is 4.79 Å². The second kappa shape index (κ2) is 6.60. The molecule has 1 aliphatic carbocycles. The Balaban J connectivity index is 2.00. The summed E-state index contributed by atoms with van der Waals surface area (Å²) in [6.07, 6.45) is 7.89. The number of urea groups is 1. The van der Waals surface area contributed by atoms with Gasteiger partial charge in [0, 0.05) is 25.4 Å². The molecule has 0 radical (unpaired) electrons. The minimum absolute atomic E-state index is 0.00261. The Bertz CT molecular complexity index is 480. The maximum atomic E-state index is 12.3. The molecule has 2 rings (SSSR count). The van der Waals surface area contributed by atoms with Gasteiger partial charge in [-0.25, -0.2) is 4.79 Å². The van der Waals surface area contributed by atoms with Crippen molar-refractivity contribution in [1.29, 1.82) is 0 Å². The van der Waals surface area contributed by atoms with Gasteiger partial charge in [0.15, 0.2) is 0 Å². The predicted octanol–water partition coefficient (Wildman–Crippen LogP) is 1.73. The van der Waals surface area contributed by atoms with Crippen molar-refractivity contribution < 1.29 is 14.7 Å². The van der Waals surface area contributed by atoms with Gasteiger partial charge in [0.2, 0.25) is 0 Å². The first-order valence-corrected chi connectivity index (χ1v) is 7.25. The van der Waals surface area contributed by atoms with Crippen LogP contribution in [0.3, 0.4) is 0 Å². The molecule has 1 heterocycles. The Morgan fingerprint density at radius 3 is 2.71 bits per heavy atom. The van der Waals surface area contributed by atoms with Crippen LogP contribution in [0.5, 0.6) is 0 Å². The van der Waals surface area contributed by atoms with E-state index in [4.69, 9.17) is 0 Å². The average Bonchev–Trinajstić information content (AvgIpc) is 2.97. The first-order valence-electron chi connectivity index (χ1n) is 7.25. The van der Waals surface area contributed by atoms with Crippen molar-refractivity contribution in [3.05, 3.63) is 18.0 Å². The highest BCUT2D eigenvalue weighted by Crippen LogP contribution is 2.35. The molecule has 1 saturated carbocycles. The van der Waals surface area contributed by atoms with Gasteiger partial charge in [-0.15, -0.1) is 0 Å². The smallest absolute Gasteiger partial charge is 0.317 e. The first-order chi connectivity index (χ1) is 10.0. The predicted molar refractivity (Wildman–Crippen MR) is 76.7 cm³/mol. The minimum atomic E-state index is -0.855. The number of hydrogen-bond donors (Lipinski definition) is 3. The van der Waals surface area contributed by atoms with Gasteiger partial charge < -0.3 is 15.3 Å². The molecule has 0 aromatic carbocycles. The fourth-order valence-corrected chi connectivity index (χ4v) is 3.01. The molecular weight excluding hydrogens is 272 g/mol. The molecule has 0 atom stereocenters. The van der Waals surface area contributed by atoms with E-state index >= 15 is 0 Å². The lowest BCUT2D eigenvalue weighted by atomic mass is 9.78. The van der Waals surface area contributed by atoms with Crippen LogP contribution in [0.1, 0.15) is 44.1 Å². The molecule has 1 aromatic heterocycles. The van der Waals surface area contributed by atoms with Crippen LogP contribution < -0.4 is 5.32 Å². The van der Waals surface area contributed by atoms with Gasteiger partial charge in [0.05, 0.1) is 18.2 Å². The quantitative estimate of drug-likeness (QED) is 0.770. The Morgan fingerprint density at radius 2 is 2.14 bits per heavy atom. The lowest BCUT2D eigenvalue weighted by Gasteiger charge is -2.43. The molecule has 1 fully saturated rings. The zero-order valence-electron chi connectivity index (χ0n) is 12.3. The Morgan fingerprint density at radius 1 is 1.43 bits per heavy atom. The summed E-state index contributed by atoms with van der Waals surface area (Å²) in [6, 6.07) is -0.237. The van der Waals surface area contributed by atoms with E-state index in [1.807, 2.05) is 0 Å². The Hall–Kier alpha value is -2.05. The standard InChI is InChI=1S/C14H22N4O3/c1-18(13(21)15-8-11-9-16-17-10-11)14(7-12(19)20)5-3-2-4-6-14/h9-10H,2-8H2,1H3,(H,15,21)(H,16,17)(H,19,20). The Kier molecular flexibility index (Phi) is 4.82. The molecule has 2 amide bonds. The van der Waals surface area contributed by atoms with Crippen molar-refractivity contribution in [3.8, 4) is 0 Å². The zero-order valence-corrected chi connectivity index (χ0v) is 12.3. The molecule has 7 heteroatoms. The molecule has 1 aliphatic rings. The highest BCUT2D eigenvalue weighted by Gasteiger charge is 2.40. The van der Waals surface area contributed by atoms with Crippen molar-refractivity contribution in [1.82, 2.24) is 20.4 Å². The van der Waals surface area contributed by atoms with Crippen molar-refractivity contribution in [2.75, 3.05) is 7.05 Å². The maximum Gasteiger partial charge on any atom is 0.317 e. The van der Waals surface area contributed by atoms with Crippen LogP contribution >= 0.6 is 0 Å². The van der Waals surface area contributed by atoms with E-state index in [2.05, 4.69) is 15.5 Å². The molecule has 0 unspecified atom stereocenters. The summed E-state index contributed by atoms with van der Waals surface area (Å²) in [5, 5.41) is 18.5. The summed E-state index contributed by atoms with van der Waals surface area (Å²) in [6.45, 7) is 0.378. The van der Waals surface area contributed by atoms with Gasteiger partial charge in [-0.05, 0) is 12.8 Å². The third kappa shape index (κ3) is 3.74. The largest absolute Gasteiger partial charge is 0.481 e. The molecule has 0 aliphatic heterocycles. The number of H-pyrrole nitrogens is 1. The van der Waals surface area contributed by atoms with Gasteiger partial charge in [0.1, 0.15) is 0 Å². The third-order valence-electron chi connectivity index (χ3n) is 4.28. The van der Waals surface area contributed by atoms with E-state index in [1.54, 1.807) is 24.3 Å². The van der Waals surface area contributed by atoms with E-state index < -0.39 is 11.5 Å². The highest BCUT2D eigenvalue weighted by molar-refractivity contribution is 5.76. The number of nitrogens with one attached hydrogen (secondary N) is 2. The maximum absolute atomic E-state index is 12.3. The zero-order chi connectivity index (χ0) is 15.3. The number of carbonyl (C=O) groups is 2. The van der Waals surface area contributed by atoms with Crippen LogP contribution in [0.2, 0.25) is 0 Å². The van der Waals surface area contributed by atoms with Gasteiger partial charge in [-0.2, -0.15) is 5.10 Å². The summed E-state index contributed by atoms with van der Waals surface area (Å²) < 4.78 is 0. The van der Waals surface area contributed by atoms with Crippen LogP contribution in [0.15, 0.2) is 12.4 Å². The molecule has 21 heavy (non-hydrogen) atoms. The summed E-state index contributed by atoms with van der Waals surface area (Å²) in [5.41, 5.74) is 0.317. The van der Waals surface area contributed by atoms with Crippen LogP contribution in [0.25, 0.3) is 0 Å². The minimum Gasteiger partial charge on any atom is -0.481 e. The van der Waals surface area contributed by atoms with Gasteiger partial charge in [0.25, 0.3) is 0 Å². The van der Waals surface area contributed by atoms with E-state index in [-0.39, 0.29) is 12.5 Å². The number of rotatable bonds is 5. The fourth-order valence-electron chi connectivity index (χ4n) is 3.01. The number of aromatic amines is 1. The molecule has 0 spiro atoms. The van der Waals surface area contributed by atoms with E-state index in [1.165, 1.54) is 0 Å². The monoisotopic (exact) mass is 294 g/mol.